The Morgan fingerprint density at radius 2 is 2.28 bits per heavy atom. The lowest BCUT2D eigenvalue weighted by molar-refractivity contribution is -0.114. The van der Waals surface area contributed by atoms with Crippen molar-refractivity contribution in [3.8, 4) is 0 Å². The van der Waals surface area contributed by atoms with Crippen molar-refractivity contribution in [2.45, 2.75) is 31.8 Å². The number of carbonyl (C=O) groups excluding carboxylic acids is 2. The van der Waals surface area contributed by atoms with Gasteiger partial charge in [0.15, 0.2) is 5.13 Å². The zero-order valence-electron chi connectivity index (χ0n) is 10.0. The third-order valence-electron chi connectivity index (χ3n) is 2.88. The van der Waals surface area contributed by atoms with Gasteiger partial charge in [0.25, 0.3) is 5.91 Å². The van der Waals surface area contributed by atoms with Crippen molar-refractivity contribution in [3.05, 3.63) is 11.1 Å². The molecule has 2 rings (SSSR count). The van der Waals surface area contributed by atoms with E-state index >= 15 is 0 Å². The van der Waals surface area contributed by atoms with Crippen LogP contribution in [0.3, 0.4) is 0 Å². The molecule has 0 radical (unpaired) electrons. The Labute approximate surface area is 108 Å². The fourth-order valence-electron chi connectivity index (χ4n) is 1.68. The smallest absolute Gasteiger partial charge is 0.270 e. The van der Waals surface area contributed by atoms with E-state index in [-0.39, 0.29) is 24.1 Å². The molecule has 1 aromatic heterocycles. The van der Waals surface area contributed by atoms with Crippen LogP contribution in [0.25, 0.3) is 0 Å². The van der Waals surface area contributed by atoms with Crippen LogP contribution >= 0.6 is 11.3 Å². The molecule has 2 amide bonds. The fourth-order valence-corrected chi connectivity index (χ4v) is 2.42. The molecule has 0 aliphatic heterocycles. The average Bonchev–Trinajstić information content (AvgIpc) is 2.70. The first-order chi connectivity index (χ1) is 8.48. The van der Waals surface area contributed by atoms with Gasteiger partial charge < -0.3 is 15.7 Å². The number of rotatable bonds is 4. The Hall–Kier alpha value is -1.47. The van der Waals surface area contributed by atoms with E-state index in [0.717, 1.165) is 19.3 Å². The zero-order chi connectivity index (χ0) is 13.2. The first kappa shape index (κ1) is 13.0. The van der Waals surface area contributed by atoms with Crippen molar-refractivity contribution >= 4 is 28.3 Å². The van der Waals surface area contributed by atoms with Crippen LogP contribution in [0.5, 0.6) is 0 Å². The maximum atomic E-state index is 11.7. The number of carbonyl (C=O) groups is 2. The van der Waals surface area contributed by atoms with Crippen LogP contribution in [-0.2, 0) is 4.79 Å². The predicted octanol–water partition coefficient (Wildman–Crippen LogP) is 0.746. The van der Waals surface area contributed by atoms with Gasteiger partial charge in [-0.25, -0.2) is 4.98 Å². The molecule has 0 bridgehead atoms. The van der Waals surface area contributed by atoms with Gasteiger partial charge in [0.1, 0.15) is 5.69 Å². The lowest BCUT2D eigenvalue weighted by Gasteiger charge is -2.36. The second-order valence-corrected chi connectivity index (χ2v) is 5.34. The van der Waals surface area contributed by atoms with E-state index in [1.54, 1.807) is 5.38 Å². The van der Waals surface area contributed by atoms with Gasteiger partial charge in [0, 0.05) is 18.8 Å². The third kappa shape index (κ3) is 3.05. The SMILES string of the molecule is CC(=O)Nc1nc(C(=O)NCC2(O)CCC2)cs1. The Morgan fingerprint density at radius 1 is 1.56 bits per heavy atom. The molecule has 0 unspecified atom stereocenters. The van der Waals surface area contributed by atoms with E-state index in [4.69, 9.17) is 0 Å². The number of aromatic nitrogens is 1. The summed E-state index contributed by atoms with van der Waals surface area (Å²) >= 11 is 1.19. The highest BCUT2D eigenvalue weighted by Gasteiger charge is 2.34. The molecule has 3 N–H and O–H groups in total. The van der Waals surface area contributed by atoms with Crippen molar-refractivity contribution in [1.82, 2.24) is 10.3 Å². The minimum Gasteiger partial charge on any atom is -0.388 e. The summed E-state index contributed by atoms with van der Waals surface area (Å²) in [6, 6.07) is 0. The molecule has 0 saturated heterocycles. The molecule has 0 atom stereocenters. The largest absolute Gasteiger partial charge is 0.388 e. The summed E-state index contributed by atoms with van der Waals surface area (Å²) in [6.07, 6.45) is 2.44. The average molecular weight is 269 g/mol. The first-order valence-corrected chi connectivity index (χ1v) is 6.60. The monoisotopic (exact) mass is 269 g/mol. The number of thiazole rings is 1. The van der Waals surface area contributed by atoms with E-state index in [2.05, 4.69) is 15.6 Å². The maximum Gasteiger partial charge on any atom is 0.270 e. The van der Waals surface area contributed by atoms with Gasteiger partial charge in [0.05, 0.1) is 5.60 Å². The topological polar surface area (TPSA) is 91.3 Å². The Kier molecular flexibility index (Phi) is 3.63. The minimum atomic E-state index is -0.744. The van der Waals surface area contributed by atoms with Crippen molar-refractivity contribution in [2.24, 2.45) is 0 Å². The highest BCUT2D eigenvalue weighted by atomic mass is 32.1. The van der Waals surface area contributed by atoms with Gasteiger partial charge in [-0.15, -0.1) is 11.3 Å². The van der Waals surface area contributed by atoms with Gasteiger partial charge >= 0.3 is 0 Å². The summed E-state index contributed by atoms with van der Waals surface area (Å²) < 4.78 is 0. The quantitative estimate of drug-likeness (QED) is 0.752. The number of anilines is 1. The molecule has 98 valence electrons. The van der Waals surface area contributed by atoms with E-state index < -0.39 is 5.60 Å². The maximum absolute atomic E-state index is 11.7. The predicted molar refractivity (Wildman–Crippen MR) is 67.6 cm³/mol. The Bertz CT molecular complexity index is 468. The zero-order valence-corrected chi connectivity index (χ0v) is 10.8. The molecule has 0 aromatic carbocycles. The molecule has 1 heterocycles. The number of aliphatic hydroxyl groups is 1. The van der Waals surface area contributed by atoms with Gasteiger partial charge in [0.2, 0.25) is 5.91 Å². The van der Waals surface area contributed by atoms with Gasteiger partial charge in [-0.1, -0.05) is 0 Å². The van der Waals surface area contributed by atoms with Crippen molar-refractivity contribution in [1.29, 1.82) is 0 Å². The van der Waals surface area contributed by atoms with Crippen LogP contribution in [0, 0.1) is 0 Å². The van der Waals surface area contributed by atoms with Gasteiger partial charge in [-0.2, -0.15) is 0 Å². The van der Waals surface area contributed by atoms with E-state index in [1.165, 1.54) is 18.3 Å². The summed E-state index contributed by atoms with van der Waals surface area (Å²) in [6.45, 7) is 1.63. The third-order valence-corrected chi connectivity index (χ3v) is 3.64. The second-order valence-electron chi connectivity index (χ2n) is 4.48. The highest BCUT2D eigenvalue weighted by molar-refractivity contribution is 7.14. The fraction of sp³-hybridized carbons (Fsp3) is 0.545. The molecular weight excluding hydrogens is 254 g/mol. The molecule has 6 nitrogen and oxygen atoms in total. The van der Waals surface area contributed by atoms with Crippen molar-refractivity contribution in [3.63, 3.8) is 0 Å². The van der Waals surface area contributed by atoms with Crippen LogP contribution in [0.1, 0.15) is 36.7 Å². The van der Waals surface area contributed by atoms with Gasteiger partial charge in [-0.3, -0.25) is 9.59 Å². The molecule has 0 spiro atoms. The second kappa shape index (κ2) is 5.03. The molecular formula is C11H15N3O3S. The summed E-state index contributed by atoms with van der Waals surface area (Å²) in [5.41, 5.74) is -0.488. The molecule has 1 aliphatic rings. The number of hydrogen-bond acceptors (Lipinski definition) is 5. The van der Waals surface area contributed by atoms with E-state index in [1.807, 2.05) is 0 Å². The minimum absolute atomic E-state index is 0.222. The Balaban J connectivity index is 1.88. The van der Waals surface area contributed by atoms with Crippen LogP contribution in [0.2, 0.25) is 0 Å². The van der Waals surface area contributed by atoms with E-state index in [9.17, 15) is 14.7 Å². The standard InChI is InChI=1S/C11H15N3O3S/c1-7(15)13-10-14-8(5-18-10)9(16)12-6-11(17)3-2-4-11/h5,17H,2-4,6H2,1H3,(H,12,16)(H,13,14,15). The van der Waals surface area contributed by atoms with Crippen LogP contribution in [0.15, 0.2) is 5.38 Å². The molecule has 18 heavy (non-hydrogen) atoms. The number of nitrogens with zero attached hydrogens (tertiary/aromatic N) is 1. The number of amides is 2. The highest BCUT2D eigenvalue weighted by Crippen LogP contribution is 2.30. The Morgan fingerprint density at radius 3 is 2.83 bits per heavy atom. The normalized spacial score (nSPS) is 16.8. The molecule has 1 aromatic rings. The van der Waals surface area contributed by atoms with Crippen LogP contribution in [0.4, 0.5) is 5.13 Å². The first-order valence-electron chi connectivity index (χ1n) is 5.72. The lowest BCUT2D eigenvalue weighted by atomic mass is 9.80. The van der Waals surface area contributed by atoms with Crippen molar-refractivity contribution < 1.29 is 14.7 Å². The lowest BCUT2D eigenvalue weighted by Crippen LogP contribution is -2.47. The molecule has 7 heteroatoms. The van der Waals surface area contributed by atoms with Gasteiger partial charge in [-0.05, 0) is 19.3 Å². The number of nitrogens with one attached hydrogen (secondary N) is 2. The molecule has 1 fully saturated rings. The van der Waals surface area contributed by atoms with Crippen molar-refractivity contribution in [2.75, 3.05) is 11.9 Å². The van der Waals surface area contributed by atoms with Crippen LogP contribution in [-0.4, -0.2) is 34.1 Å². The number of hydrogen-bond donors (Lipinski definition) is 3. The summed E-state index contributed by atoms with van der Waals surface area (Å²) in [5, 5.41) is 17.0. The summed E-state index contributed by atoms with van der Waals surface area (Å²) in [5.74, 6) is -0.553. The van der Waals surface area contributed by atoms with Crippen LogP contribution < -0.4 is 10.6 Å². The molecule has 1 aliphatic carbocycles. The van der Waals surface area contributed by atoms with E-state index in [0.29, 0.717) is 5.13 Å². The summed E-state index contributed by atoms with van der Waals surface area (Å²) in [4.78, 5) is 26.5. The molecule has 1 saturated carbocycles. The summed E-state index contributed by atoms with van der Waals surface area (Å²) in [7, 11) is 0.